The highest BCUT2D eigenvalue weighted by Gasteiger charge is 2.09. The van der Waals surface area contributed by atoms with Crippen LogP contribution in [0.2, 0.25) is 0 Å². The van der Waals surface area contributed by atoms with Crippen LogP contribution in [0.25, 0.3) is 0 Å². The first-order valence-electron chi connectivity index (χ1n) is 5.17. The number of rotatable bonds is 6. The summed E-state index contributed by atoms with van der Waals surface area (Å²) >= 11 is 0. The van der Waals surface area contributed by atoms with E-state index in [1.165, 1.54) is 12.1 Å². The van der Waals surface area contributed by atoms with Gasteiger partial charge in [0.15, 0.2) is 0 Å². The summed E-state index contributed by atoms with van der Waals surface area (Å²) in [6, 6.07) is 6.29. The summed E-state index contributed by atoms with van der Waals surface area (Å²) in [5.41, 5.74) is 0.859. The van der Waals surface area contributed by atoms with Crippen molar-refractivity contribution in [3.05, 3.63) is 39.9 Å². The van der Waals surface area contributed by atoms with Crippen LogP contribution in [0, 0.1) is 10.1 Å². The highest BCUT2D eigenvalue weighted by Crippen LogP contribution is 2.14. The average Bonchev–Trinajstić information content (AvgIpc) is 2.26. The van der Waals surface area contributed by atoms with Crippen molar-refractivity contribution >= 4 is 11.7 Å². The largest absolute Gasteiger partial charge is 0.480 e. The predicted octanol–water partition coefficient (Wildman–Crippen LogP) is 1.20. The second-order valence-corrected chi connectivity index (χ2v) is 3.81. The topological polar surface area (TPSA) is 92.5 Å². The molecule has 0 aliphatic rings. The van der Waals surface area contributed by atoms with Crippen LogP contribution in [0.5, 0.6) is 0 Å². The number of hydrogen-bond donors (Lipinski definition) is 2. The fourth-order valence-electron chi connectivity index (χ4n) is 1.48. The van der Waals surface area contributed by atoms with Gasteiger partial charge in [0.1, 0.15) is 0 Å². The van der Waals surface area contributed by atoms with E-state index in [1.54, 1.807) is 12.1 Å². The first kappa shape index (κ1) is 13.1. The Kier molecular flexibility index (Phi) is 4.59. The Hall–Kier alpha value is -1.95. The molecule has 0 radical (unpaired) electrons. The molecule has 1 aromatic rings. The quantitative estimate of drug-likeness (QED) is 0.573. The first-order valence-corrected chi connectivity index (χ1v) is 5.17. The molecule has 0 fully saturated rings. The van der Waals surface area contributed by atoms with Gasteiger partial charge in [-0.1, -0.05) is 12.1 Å². The minimum absolute atomic E-state index is 0.0481. The minimum atomic E-state index is -0.920. The molecule has 0 saturated carbocycles. The molecule has 1 unspecified atom stereocenters. The Bertz CT molecular complexity index is 420. The van der Waals surface area contributed by atoms with Gasteiger partial charge in [-0.15, -0.1) is 0 Å². The third-order valence-electron chi connectivity index (χ3n) is 2.27. The Balaban J connectivity index is 2.58. The molecule has 0 bridgehead atoms. The lowest BCUT2D eigenvalue weighted by Crippen LogP contribution is -2.32. The fraction of sp³-hybridized carbons (Fsp3) is 0.364. The first-order chi connectivity index (χ1) is 7.99. The van der Waals surface area contributed by atoms with Crippen LogP contribution in [0.15, 0.2) is 24.3 Å². The van der Waals surface area contributed by atoms with Gasteiger partial charge in [-0.3, -0.25) is 14.9 Å². The molecule has 1 rings (SSSR count). The number of nitro groups is 1. The number of carboxylic acids is 1. The third kappa shape index (κ3) is 4.60. The summed E-state index contributed by atoms with van der Waals surface area (Å²) in [5, 5.41) is 21.9. The lowest BCUT2D eigenvalue weighted by atomic mass is 10.1. The van der Waals surface area contributed by atoms with E-state index < -0.39 is 10.9 Å². The summed E-state index contributed by atoms with van der Waals surface area (Å²) in [6.45, 7) is 1.72. The lowest BCUT2D eigenvalue weighted by molar-refractivity contribution is -0.384. The van der Waals surface area contributed by atoms with Gasteiger partial charge in [-0.05, 0) is 18.9 Å². The number of nitrogens with zero attached hydrogens (tertiary/aromatic N) is 1. The molecule has 1 atom stereocenters. The maximum atomic E-state index is 10.6. The molecule has 1 aromatic carbocycles. The monoisotopic (exact) mass is 238 g/mol. The molecule has 6 heteroatoms. The molecule has 6 nitrogen and oxygen atoms in total. The number of nitro benzene ring substituents is 1. The molecule has 0 saturated heterocycles. The van der Waals surface area contributed by atoms with Gasteiger partial charge >= 0.3 is 5.97 Å². The number of benzene rings is 1. The Labute approximate surface area is 98.4 Å². The highest BCUT2D eigenvalue weighted by molar-refractivity contribution is 5.69. The number of aliphatic carboxylic acids is 1. The van der Waals surface area contributed by atoms with Crippen LogP contribution < -0.4 is 5.32 Å². The van der Waals surface area contributed by atoms with Crippen molar-refractivity contribution < 1.29 is 14.8 Å². The smallest absolute Gasteiger partial charge is 0.317 e. The van der Waals surface area contributed by atoms with Gasteiger partial charge in [0.25, 0.3) is 5.69 Å². The zero-order chi connectivity index (χ0) is 12.8. The van der Waals surface area contributed by atoms with Crippen LogP contribution in [0.4, 0.5) is 5.69 Å². The Morgan fingerprint density at radius 3 is 2.88 bits per heavy atom. The maximum Gasteiger partial charge on any atom is 0.317 e. The molecular weight excluding hydrogens is 224 g/mol. The summed E-state index contributed by atoms with van der Waals surface area (Å²) in [4.78, 5) is 20.5. The van der Waals surface area contributed by atoms with Crippen LogP contribution in [0.1, 0.15) is 12.5 Å². The highest BCUT2D eigenvalue weighted by atomic mass is 16.6. The molecule has 92 valence electrons. The van der Waals surface area contributed by atoms with E-state index in [-0.39, 0.29) is 18.3 Å². The van der Waals surface area contributed by atoms with Gasteiger partial charge in [-0.2, -0.15) is 0 Å². The van der Waals surface area contributed by atoms with Crippen molar-refractivity contribution in [2.24, 2.45) is 0 Å². The average molecular weight is 238 g/mol. The van der Waals surface area contributed by atoms with E-state index in [0.717, 1.165) is 5.56 Å². The second kappa shape index (κ2) is 5.95. The molecule has 0 spiro atoms. The van der Waals surface area contributed by atoms with Crippen molar-refractivity contribution in [1.29, 1.82) is 0 Å². The Morgan fingerprint density at radius 2 is 2.29 bits per heavy atom. The van der Waals surface area contributed by atoms with Crippen LogP contribution in [-0.4, -0.2) is 28.6 Å². The van der Waals surface area contributed by atoms with E-state index in [9.17, 15) is 14.9 Å². The number of hydrogen-bond acceptors (Lipinski definition) is 4. The standard InChI is InChI=1S/C11H14N2O4/c1-8(12-7-11(14)15)5-9-3-2-4-10(6-9)13(16)17/h2-4,6,8,12H,5,7H2,1H3,(H,14,15). The van der Waals surface area contributed by atoms with Crippen LogP contribution >= 0.6 is 0 Å². The summed E-state index contributed by atoms with van der Waals surface area (Å²) in [6.07, 6.45) is 0.551. The van der Waals surface area contributed by atoms with E-state index in [4.69, 9.17) is 5.11 Å². The zero-order valence-corrected chi connectivity index (χ0v) is 9.42. The molecule has 17 heavy (non-hydrogen) atoms. The SMILES string of the molecule is CC(Cc1cccc([N+](=O)[O-])c1)NCC(=O)O. The zero-order valence-electron chi connectivity index (χ0n) is 9.42. The Morgan fingerprint density at radius 1 is 1.59 bits per heavy atom. The van der Waals surface area contributed by atoms with E-state index >= 15 is 0 Å². The summed E-state index contributed by atoms with van der Waals surface area (Å²) < 4.78 is 0. The second-order valence-electron chi connectivity index (χ2n) is 3.81. The van der Waals surface area contributed by atoms with E-state index in [1.807, 2.05) is 6.92 Å². The maximum absolute atomic E-state index is 10.6. The minimum Gasteiger partial charge on any atom is -0.480 e. The van der Waals surface area contributed by atoms with Gasteiger partial charge in [-0.25, -0.2) is 0 Å². The van der Waals surface area contributed by atoms with Crippen molar-refractivity contribution in [3.8, 4) is 0 Å². The number of non-ortho nitro benzene ring substituents is 1. The van der Waals surface area contributed by atoms with Gasteiger partial charge in [0.2, 0.25) is 0 Å². The molecule has 2 N–H and O–H groups in total. The molecule has 0 heterocycles. The summed E-state index contributed by atoms with van der Waals surface area (Å²) in [5.74, 6) is -0.920. The lowest BCUT2D eigenvalue weighted by Gasteiger charge is -2.11. The number of carboxylic acid groups (broad SMARTS) is 1. The van der Waals surface area contributed by atoms with Crippen molar-refractivity contribution in [2.75, 3.05) is 6.54 Å². The number of carbonyl (C=O) groups is 1. The van der Waals surface area contributed by atoms with Crippen molar-refractivity contribution in [3.63, 3.8) is 0 Å². The van der Waals surface area contributed by atoms with Crippen LogP contribution in [0.3, 0.4) is 0 Å². The van der Waals surface area contributed by atoms with Gasteiger partial charge in [0.05, 0.1) is 11.5 Å². The molecule has 0 aliphatic heterocycles. The van der Waals surface area contributed by atoms with E-state index in [2.05, 4.69) is 5.32 Å². The number of nitrogens with one attached hydrogen (secondary N) is 1. The third-order valence-corrected chi connectivity index (χ3v) is 2.27. The predicted molar refractivity (Wildman–Crippen MR) is 61.9 cm³/mol. The van der Waals surface area contributed by atoms with Crippen LogP contribution in [-0.2, 0) is 11.2 Å². The summed E-state index contributed by atoms with van der Waals surface area (Å²) in [7, 11) is 0. The molecular formula is C11H14N2O4. The van der Waals surface area contributed by atoms with Crippen molar-refractivity contribution in [2.45, 2.75) is 19.4 Å². The molecule has 0 amide bonds. The normalized spacial score (nSPS) is 12.1. The van der Waals surface area contributed by atoms with Crippen molar-refractivity contribution in [1.82, 2.24) is 5.32 Å². The van der Waals surface area contributed by atoms with Gasteiger partial charge in [0, 0.05) is 18.2 Å². The molecule has 0 aliphatic carbocycles. The molecule has 0 aromatic heterocycles. The van der Waals surface area contributed by atoms with Gasteiger partial charge < -0.3 is 10.4 Å². The van der Waals surface area contributed by atoms with E-state index in [0.29, 0.717) is 6.42 Å². The fourth-order valence-corrected chi connectivity index (χ4v) is 1.48.